The lowest BCUT2D eigenvalue weighted by molar-refractivity contribution is 0.0347. The SMILES string of the molecule is COc1cc(N)c(NCCOC2CCCCC2)cc1OC. The maximum atomic E-state index is 6.01. The van der Waals surface area contributed by atoms with Gasteiger partial charge in [-0.05, 0) is 12.8 Å². The van der Waals surface area contributed by atoms with Crippen LogP contribution in [0.2, 0.25) is 0 Å². The first-order chi connectivity index (χ1) is 10.2. The van der Waals surface area contributed by atoms with Gasteiger partial charge in [0.05, 0.1) is 38.3 Å². The fraction of sp³-hybridized carbons (Fsp3) is 0.625. The number of methoxy groups -OCH3 is 2. The molecule has 0 radical (unpaired) electrons. The third-order valence-corrected chi connectivity index (χ3v) is 3.88. The van der Waals surface area contributed by atoms with Crippen LogP contribution in [-0.4, -0.2) is 33.5 Å². The third-order valence-electron chi connectivity index (χ3n) is 3.88. The molecule has 0 aromatic heterocycles. The molecule has 2 rings (SSSR count). The van der Waals surface area contributed by atoms with Gasteiger partial charge in [0, 0.05) is 18.7 Å². The maximum Gasteiger partial charge on any atom is 0.162 e. The van der Waals surface area contributed by atoms with Crippen LogP contribution in [0.4, 0.5) is 11.4 Å². The van der Waals surface area contributed by atoms with E-state index in [9.17, 15) is 0 Å². The largest absolute Gasteiger partial charge is 0.493 e. The highest BCUT2D eigenvalue weighted by molar-refractivity contribution is 5.72. The summed E-state index contributed by atoms with van der Waals surface area (Å²) in [5.41, 5.74) is 7.50. The monoisotopic (exact) mass is 294 g/mol. The molecule has 21 heavy (non-hydrogen) atoms. The molecule has 5 heteroatoms. The average Bonchev–Trinajstić information content (AvgIpc) is 2.53. The molecule has 0 heterocycles. The highest BCUT2D eigenvalue weighted by atomic mass is 16.5. The number of ether oxygens (including phenoxy) is 3. The van der Waals surface area contributed by atoms with Crippen molar-refractivity contribution in [2.24, 2.45) is 0 Å². The Morgan fingerprint density at radius 2 is 1.76 bits per heavy atom. The van der Waals surface area contributed by atoms with Crippen LogP contribution in [0.3, 0.4) is 0 Å². The number of hydrogen-bond donors (Lipinski definition) is 2. The molecule has 0 atom stereocenters. The lowest BCUT2D eigenvalue weighted by Gasteiger charge is -2.22. The zero-order chi connectivity index (χ0) is 15.1. The summed E-state index contributed by atoms with van der Waals surface area (Å²) in [4.78, 5) is 0. The van der Waals surface area contributed by atoms with Gasteiger partial charge in [-0.3, -0.25) is 0 Å². The zero-order valence-corrected chi connectivity index (χ0v) is 13.0. The van der Waals surface area contributed by atoms with E-state index < -0.39 is 0 Å². The minimum Gasteiger partial charge on any atom is -0.493 e. The first-order valence-corrected chi connectivity index (χ1v) is 7.61. The van der Waals surface area contributed by atoms with Crippen molar-refractivity contribution < 1.29 is 14.2 Å². The number of anilines is 2. The van der Waals surface area contributed by atoms with Gasteiger partial charge in [-0.25, -0.2) is 0 Å². The number of nitrogens with two attached hydrogens (primary N) is 1. The van der Waals surface area contributed by atoms with Gasteiger partial charge in [0.1, 0.15) is 0 Å². The van der Waals surface area contributed by atoms with E-state index in [2.05, 4.69) is 5.32 Å². The Hall–Kier alpha value is -1.62. The molecule has 0 spiro atoms. The summed E-state index contributed by atoms with van der Waals surface area (Å²) in [5, 5.41) is 3.29. The van der Waals surface area contributed by atoms with Crippen molar-refractivity contribution in [1.82, 2.24) is 0 Å². The summed E-state index contributed by atoms with van der Waals surface area (Å²) in [7, 11) is 3.21. The number of rotatable bonds is 7. The first-order valence-electron chi connectivity index (χ1n) is 7.61. The Morgan fingerprint density at radius 3 is 2.43 bits per heavy atom. The summed E-state index contributed by atoms with van der Waals surface area (Å²) in [5.74, 6) is 1.31. The fourth-order valence-corrected chi connectivity index (χ4v) is 2.69. The predicted molar refractivity (Wildman–Crippen MR) is 85.3 cm³/mol. The topological polar surface area (TPSA) is 65.7 Å². The van der Waals surface area contributed by atoms with Crippen molar-refractivity contribution >= 4 is 11.4 Å². The van der Waals surface area contributed by atoms with E-state index in [-0.39, 0.29) is 0 Å². The molecule has 0 bridgehead atoms. The standard InChI is InChI=1S/C16H26N2O3/c1-19-15-10-13(17)14(11-16(15)20-2)18-8-9-21-12-6-4-3-5-7-12/h10-12,18H,3-9,17H2,1-2H3. The molecule has 0 amide bonds. The molecule has 0 saturated heterocycles. The minimum atomic E-state index is 0.434. The van der Waals surface area contributed by atoms with Gasteiger partial charge in [0.25, 0.3) is 0 Å². The van der Waals surface area contributed by atoms with Gasteiger partial charge >= 0.3 is 0 Å². The van der Waals surface area contributed by atoms with Crippen molar-refractivity contribution in [3.63, 3.8) is 0 Å². The van der Waals surface area contributed by atoms with Gasteiger partial charge in [0.2, 0.25) is 0 Å². The third kappa shape index (κ3) is 4.43. The number of hydrogen-bond acceptors (Lipinski definition) is 5. The Labute approximate surface area is 126 Å². The molecule has 1 aromatic rings. The Balaban J connectivity index is 1.82. The van der Waals surface area contributed by atoms with Gasteiger partial charge in [-0.2, -0.15) is 0 Å². The van der Waals surface area contributed by atoms with E-state index in [0.29, 0.717) is 29.9 Å². The van der Waals surface area contributed by atoms with Gasteiger partial charge in [-0.15, -0.1) is 0 Å². The lowest BCUT2D eigenvalue weighted by Crippen LogP contribution is -2.20. The Kier molecular flexibility index (Phi) is 5.99. The highest BCUT2D eigenvalue weighted by Crippen LogP contribution is 2.34. The van der Waals surface area contributed by atoms with Gasteiger partial charge < -0.3 is 25.3 Å². The molecular formula is C16H26N2O3. The van der Waals surface area contributed by atoms with E-state index in [1.807, 2.05) is 6.07 Å². The minimum absolute atomic E-state index is 0.434. The lowest BCUT2D eigenvalue weighted by atomic mass is 9.98. The second-order valence-electron chi connectivity index (χ2n) is 5.35. The molecule has 0 unspecified atom stereocenters. The molecule has 0 aliphatic heterocycles. The molecule has 1 aliphatic rings. The van der Waals surface area contributed by atoms with E-state index in [0.717, 1.165) is 12.2 Å². The van der Waals surface area contributed by atoms with Crippen molar-refractivity contribution in [2.45, 2.75) is 38.2 Å². The zero-order valence-electron chi connectivity index (χ0n) is 13.0. The first kappa shape index (κ1) is 15.8. The molecule has 1 saturated carbocycles. The van der Waals surface area contributed by atoms with Crippen molar-refractivity contribution in [2.75, 3.05) is 38.4 Å². The van der Waals surface area contributed by atoms with E-state index >= 15 is 0 Å². The fourth-order valence-electron chi connectivity index (χ4n) is 2.69. The predicted octanol–water partition coefficient (Wildman–Crippen LogP) is 3.05. The van der Waals surface area contributed by atoms with Crippen molar-refractivity contribution in [3.8, 4) is 11.5 Å². The van der Waals surface area contributed by atoms with E-state index in [4.69, 9.17) is 19.9 Å². The van der Waals surface area contributed by atoms with Crippen LogP contribution in [0.1, 0.15) is 32.1 Å². The van der Waals surface area contributed by atoms with Crippen LogP contribution >= 0.6 is 0 Å². The molecule has 5 nitrogen and oxygen atoms in total. The number of benzene rings is 1. The summed E-state index contributed by atoms with van der Waals surface area (Å²) < 4.78 is 16.4. The normalized spacial score (nSPS) is 15.7. The Morgan fingerprint density at radius 1 is 1.10 bits per heavy atom. The summed E-state index contributed by atoms with van der Waals surface area (Å²) >= 11 is 0. The average molecular weight is 294 g/mol. The Bertz CT molecular complexity index is 445. The molecular weight excluding hydrogens is 268 g/mol. The molecule has 1 aromatic carbocycles. The van der Waals surface area contributed by atoms with Crippen LogP contribution < -0.4 is 20.5 Å². The van der Waals surface area contributed by atoms with E-state index in [1.54, 1.807) is 20.3 Å². The second-order valence-corrected chi connectivity index (χ2v) is 5.35. The van der Waals surface area contributed by atoms with Crippen LogP contribution in [0.15, 0.2) is 12.1 Å². The molecule has 1 fully saturated rings. The second kappa shape index (κ2) is 7.98. The van der Waals surface area contributed by atoms with Gasteiger partial charge in [0.15, 0.2) is 11.5 Å². The van der Waals surface area contributed by atoms with Crippen LogP contribution in [0, 0.1) is 0 Å². The highest BCUT2D eigenvalue weighted by Gasteiger charge is 2.13. The molecule has 3 N–H and O–H groups in total. The molecule has 118 valence electrons. The van der Waals surface area contributed by atoms with Gasteiger partial charge in [-0.1, -0.05) is 19.3 Å². The quantitative estimate of drug-likeness (QED) is 0.597. The number of nitrogens with one attached hydrogen (secondary N) is 1. The van der Waals surface area contributed by atoms with Crippen LogP contribution in [0.25, 0.3) is 0 Å². The molecule has 1 aliphatic carbocycles. The van der Waals surface area contributed by atoms with Crippen LogP contribution in [-0.2, 0) is 4.74 Å². The summed E-state index contributed by atoms with van der Waals surface area (Å²) in [6.07, 6.45) is 6.75. The number of nitrogen functional groups attached to an aromatic ring is 1. The van der Waals surface area contributed by atoms with Crippen LogP contribution in [0.5, 0.6) is 11.5 Å². The smallest absolute Gasteiger partial charge is 0.162 e. The summed E-state index contributed by atoms with van der Waals surface area (Å²) in [6, 6.07) is 3.62. The van der Waals surface area contributed by atoms with E-state index in [1.165, 1.54) is 32.1 Å². The summed E-state index contributed by atoms with van der Waals surface area (Å²) in [6.45, 7) is 1.43. The van der Waals surface area contributed by atoms with Crippen molar-refractivity contribution in [3.05, 3.63) is 12.1 Å². The maximum absolute atomic E-state index is 6.01. The van der Waals surface area contributed by atoms with Crippen molar-refractivity contribution in [1.29, 1.82) is 0 Å².